The van der Waals surface area contributed by atoms with Gasteiger partial charge in [0.15, 0.2) is 5.78 Å². The van der Waals surface area contributed by atoms with Gasteiger partial charge in [-0.25, -0.2) is 0 Å². The van der Waals surface area contributed by atoms with E-state index < -0.39 is 0 Å². The number of nitrogens with one attached hydrogen (secondary N) is 1. The molecule has 1 N–H and O–H groups in total. The second kappa shape index (κ2) is 4.88. The highest BCUT2D eigenvalue weighted by atomic mass is 16.5. The summed E-state index contributed by atoms with van der Waals surface area (Å²) >= 11 is 0. The number of hydrogen-bond acceptors (Lipinski definition) is 3. The van der Waals surface area contributed by atoms with E-state index in [9.17, 15) is 4.79 Å². The summed E-state index contributed by atoms with van der Waals surface area (Å²) in [6, 6.07) is 3.92. The summed E-state index contributed by atoms with van der Waals surface area (Å²) in [4.78, 5) is 12.4. The molecule has 0 spiro atoms. The Morgan fingerprint density at radius 2 is 2.18 bits per heavy atom. The molecule has 0 radical (unpaired) electrons. The van der Waals surface area contributed by atoms with Crippen molar-refractivity contribution in [2.75, 3.05) is 13.7 Å². The predicted molar refractivity (Wildman–Crippen MR) is 67.8 cm³/mol. The van der Waals surface area contributed by atoms with Crippen LogP contribution in [0.2, 0.25) is 0 Å². The van der Waals surface area contributed by atoms with E-state index in [1.807, 2.05) is 26.0 Å². The fourth-order valence-electron chi connectivity index (χ4n) is 2.49. The quantitative estimate of drug-likeness (QED) is 0.814. The Morgan fingerprint density at radius 1 is 1.41 bits per heavy atom. The molecular weight excluding hydrogens is 214 g/mol. The molecule has 0 saturated carbocycles. The van der Waals surface area contributed by atoms with E-state index in [0.29, 0.717) is 5.75 Å². The van der Waals surface area contributed by atoms with E-state index in [2.05, 4.69) is 5.32 Å². The Morgan fingerprint density at radius 3 is 2.76 bits per heavy atom. The molecule has 0 amide bonds. The molecule has 3 heteroatoms. The Kier molecular flexibility index (Phi) is 3.48. The van der Waals surface area contributed by atoms with Crippen molar-refractivity contribution < 1.29 is 9.53 Å². The van der Waals surface area contributed by atoms with Crippen molar-refractivity contribution in [3.05, 3.63) is 28.8 Å². The summed E-state index contributed by atoms with van der Waals surface area (Å²) in [6.07, 6.45) is 2.00. The molecule has 1 fully saturated rings. The van der Waals surface area contributed by atoms with Crippen molar-refractivity contribution in [3.8, 4) is 5.75 Å². The topological polar surface area (TPSA) is 38.3 Å². The van der Waals surface area contributed by atoms with Crippen molar-refractivity contribution in [1.29, 1.82) is 0 Å². The Bertz CT molecular complexity index is 434. The summed E-state index contributed by atoms with van der Waals surface area (Å²) < 4.78 is 5.34. The lowest BCUT2D eigenvalue weighted by Gasteiger charge is -2.15. The van der Waals surface area contributed by atoms with E-state index in [0.717, 1.165) is 36.1 Å². The van der Waals surface area contributed by atoms with Crippen LogP contribution in [0.15, 0.2) is 12.1 Å². The van der Waals surface area contributed by atoms with Crippen LogP contribution in [0.3, 0.4) is 0 Å². The zero-order valence-electron chi connectivity index (χ0n) is 10.7. The monoisotopic (exact) mass is 233 g/mol. The third kappa shape index (κ3) is 2.34. The summed E-state index contributed by atoms with van der Waals surface area (Å²) in [5.74, 6) is 0.859. The SMILES string of the molecule is COc1cc(C)cc(C)c1C(=O)C1CCCN1. The van der Waals surface area contributed by atoms with Crippen LogP contribution in [0.25, 0.3) is 0 Å². The average molecular weight is 233 g/mol. The number of Topliss-reactive ketones (excluding diaryl/α,β-unsaturated/α-hetero) is 1. The van der Waals surface area contributed by atoms with Crippen LogP contribution in [0.1, 0.15) is 34.3 Å². The average Bonchev–Trinajstić information content (AvgIpc) is 2.80. The number of ketones is 1. The Balaban J connectivity index is 2.39. The van der Waals surface area contributed by atoms with Crippen molar-refractivity contribution in [3.63, 3.8) is 0 Å². The maximum atomic E-state index is 12.4. The minimum absolute atomic E-state index is 0.0368. The minimum atomic E-state index is -0.0368. The number of rotatable bonds is 3. The molecule has 1 aromatic carbocycles. The number of carbonyl (C=O) groups excluding carboxylic acids is 1. The highest BCUT2D eigenvalue weighted by Gasteiger charge is 2.26. The molecule has 2 rings (SSSR count). The number of benzene rings is 1. The first-order valence-corrected chi connectivity index (χ1v) is 6.06. The molecule has 3 nitrogen and oxygen atoms in total. The van der Waals surface area contributed by atoms with Crippen molar-refractivity contribution in [2.24, 2.45) is 0 Å². The van der Waals surface area contributed by atoms with Gasteiger partial charge < -0.3 is 10.1 Å². The van der Waals surface area contributed by atoms with E-state index in [1.54, 1.807) is 7.11 Å². The number of carbonyl (C=O) groups is 1. The number of aryl methyl sites for hydroxylation is 2. The number of methoxy groups -OCH3 is 1. The van der Waals surface area contributed by atoms with Gasteiger partial charge in [0.25, 0.3) is 0 Å². The van der Waals surface area contributed by atoms with Crippen LogP contribution < -0.4 is 10.1 Å². The third-order valence-corrected chi connectivity index (χ3v) is 3.29. The molecule has 17 heavy (non-hydrogen) atoms. The molecule has 0 aromatic heterocycles. The van der Waals surface area contributed by atoms with Crippen LogP contribution in [-0.2, 0) is 0 Å². The molecule has 92 valence electrons. The van der Waals surface area contributed by atoms with Gasteiger partial charge in [-0.15, -0.1) is 0 Å². The molecule has 1 aliphatic heterocycles. The van der Waals surface area contributed by atoms with E-state index >= 15 is 0 Å². The summed E-state index contributed by atoms with van der Waals surface area (Å²) in [7, 11) is 1.62. The van der Waals surface area contributed by atoms with E-state index in [4.69, 9.17) is 4.74 Å². The van der Waals surface area contributed by atoms with Gasteiger partial charge in [0.1, 0.15) is 5.75 Å². The van der Waals surface area contributed by atoms with Gasteiger partial charge in [0, 0.05) is 0 Å². The van der Waals surface area contributed by atoms with Crippen LogP contribution in [0.4, 0.5) is 0 Å². The lowest BCUT2D eigenvalue weighted by Crippen LogP contribution is -2.31. The molecule has 1 atom stereocenters. The first-order chi connectivity index (χ1) is 8.13. The first kappa shape index (κ1) is 12.1. The second-order valence-electron chi connectivity index (χ2n) is 4.67. The van der Waals surface area contributed by atoms with E-state index in [-0.39, 0.29) is 11.8 Å². The maximum absolute atomic E-state index is 12.4. The van der Waals surface area contributed by atoms with Gasteiger partial charge in [-0.2, -0.15) is 0 Å². The number of ether oxygens (including phenoxy) is 1. The van der Waals surface area contributed by atoms with E-state index in [1.165, 1.54) is 0 Å². The summed E-state index contributed by atoms with van der Waals surface area (Å²) in [5, 5.41) is 3.24. The van der Waals surface area contributed by atoms with Crippen molar-refractivity contribution in [1.82, 2.24) is 5.32 Å². The lowest BCUT2D eigenvalue weighted by molar-refractivity contribution is 0.0948. The Hall–Kier alpha value is -1.35. The molecule has 1 unspecified atom stereocenters. The molecule has 1 aromatic rings. The molecule has 1 heterocycles. The standard InChI is InChI=1S/C14H19NO2/c1-9-7-10(2)13(12(8-9)17-3)14(16)11-5-4-6-15-11/h7-8,11,15H,4-6H2,1-3H3. The van der Waals surface area contributed by atoms with Crippen LogP contribution in [-0.4, -0.2) is 25.5 Å². The zero-order valence-corrected chi connectivity index (χ0v) is 10.7. The second-order valence-corrected chi connectivity index (χ2v) is 4.67. The summed E-state index contributed by atoms with van der Waals surface area (Å²) in [6.45, 7) is 4.92. The van der Waals surface area contributed by atoms with Gasteiger partial charge >= 0.3 is 0 Å². The molecule has 0 aliphatic carbocycles. The van der Waals surface area contributed by atoms with Crippen LogP contribution in [0.5, 0.6) is 5.75 Å². The summed E-state index contributed by atoms with van der Waals surface area (Å²) in [5.41, 5.74) is 2.85. The molecule has 0 bridgehead atoms. The molecular formula is C14H19NO2. The largest absolute Gasteiger partial charge is 0.496 e. The maximum Gasteiger partial charge on any atom is 0.183 e. The first-order valence-electron chi connectivity index (χ1n) is 6.06. The lowest BCUT2D eigenvalue weighted by atomic mass is 9.96. The smallest absolute Gasteiger partial charge is 0.183 e. The van der Waals surface area contributed by atoms with Crippen LogP contribution in [0, 0.1) is 13.8 Å². The molecule has 1 saturated heterocycles. The van der Waals surface area contributed by atoms with Crippen LogP contribution >= 0.6 is 0 Å². The van der Waals surface area contributed by atoms with Crippen molar-refractivity contribution >= 4 is 5.78 Å². The van der Waals surface area contributed by atoms with Gasteiger partial charge in [-0.1, -0.05) is 6.07 Å². The highest BCUT2D eigenvalue weighted by molar-refractivity contribution is 6.03. The molecule has 1 aliphatic rings. The fraction of sp³-hybridized carbons (Fsp3) is 0.500. The van der Waals surface area contributed by atoms with Gasteiger partial charge in [-0.05, 0) is 50.4 Å². The van der Waals surface area contributed by atoms with Crippen molar-refractivity contribution in [2.45, 2.75) is 32.7 Å². The Labute approximate surface area is 102 Å². The van der Waals surface area contributed by atoms with Gasteiger partial charge in [0.2, 0.25) is 0 Å². The minimum Gasteiger partial charge on any atom is -0.496 e. The number of hydrogen-bond donors (Lipinski definition) is 1. The fourth-order valence-corrected chi connectivity index (χ4v) is 2.49. The van der Waals surface area contributed by atoms with Gasteiger partial charge in [0.05, 0.1) is 18.7 Å². The predicted octanol–water partition coefficient (Wildman–Crippen LogP) is 2.25. The third-order valence-electron chi connectivity index (χ3n) is 3.29. The highest BCUT2D eigenvalue weighted by Crippen LogP contribution is 2.27. The normalized spacial score (nSPS) is 19.4. The van der Waals surface area contributed by atoms with Gasteiger partial charge in [-0.3, -0.25) is 4.79 Å². The zero-order chi connectivity index (χ0) is 12.4.